The van der Waals surface area contributed by atoms with E-state index in [1.807, 2.05) is 18.2 Å². The zero-order valence-electron chi connectivity index (χ0n) is 15.4. The van der Waals surface area contributed by atoms with Gasteiger partial charge in [-0.3, -0.25) is 10.2 Å². The van der Waals surface area contributed by atoms with Gasteiger partial charge in [0.15, 0.2) is 5.82 Å². The first-order valence-electron chi connectivity index (χ1n) is 9.33. The van der Waals surface area contributed by atoms with Gasteiger partial charge in [-0.05, 0) is 47.9 Å². The van der Waals surface area contributed by atoms with Crippen LogP contribution in [-0.2, 0) is 12.8 Å². The first kappa shape index (κ1) is 16.1. The Morgan fingerprint density at radius 3 is 2.81 bits per heavy atom. The van der Waals surface area contributed by atoms with Crippen LogP contribution in [0.3, 0.4) is 0 Å². The number of aromatic nitrogens is 5. The van der Waals surface area contributed by atoms with Gasteiger partial charge >= 0.3 is 0 Å². The summed E-state index contributed by atoms with van der Waals surface area (Å²) in [5.41, 5.74) is 5.27. The maximum Gasteiger partial charge on any atom is 0.181 e. The fraction of sp³-hybridized carbons (Fsp3) is 0.286. The predicted octanol–water partition coefficient (Wildman–Crippen LogP) is 4.15. The van der Waals surface area contributed by atoms with Gasteiger partial charge in [0.25, 0.3) is 0 Å². The van der Waals surface area contributed by atoms with Gasteiger partial charge in [0.05, 0.1) is 17.8 Å². The van der Waals surface area contributed by atoms with E-state index in [1.54, 1.807) is 0 Å². The smallest absolute Gasteiger partial charge is 0.181 e. The second kappa shape index (κ2) is 6.23. The Morgan fingerprint density at radius 2 is 1.93 bits per heavy atom. The molecule has 0 atom stereocenters. The molecule has 5 rings (SSSR count). The first-order valence-corrected chi connectivity index (χ1v) is 9.33. The second-order valence-corrected chi connectivity index (χ2v) is 7.46. The summed E-state index contributed by atoms with van der Waals surface area (Å²) in [5, 5.41) is 16.2. The van der Waals surface area contributed by atoms with Gasteiger partial charge in [-0.25, -0.2) is 4.98 Å². The first-order chi connectivity index (χ1) is 13.2. The molecule has 2 aromatic carbocycles. The van der Waals surface area contributed by atoms with Gasteiger partial charge in [-0.1, -0.05) is 13.8 Å². The summed E-state index contributed by atoms with van der Waals surface area (Å²) in [4.78, 5) is 4.65. The highest BCUT2D eigenvalue weighted by Gasteiger charge is 2.16. The van der Waals surface area contributed by atoms with Crippen molar-refractivity contribution in [2.24, 2.45) is 5.92 Å². The molecule has 0 spiro atoms. The zero-order valence-corrected chi connectivity index (χ0v) is 15.4. The average Bonchev–Trinajstić information content (AvgIpc) is 3.39. The maximum atomic E-state index is 5.62. The highest BCUT2D eigenvalue weighted by Crippen LogP contribution is 2.34. The summed E-state index contributed by atoms with van der Waals surface area (Å²) in [6, 6.07) is 12.5. The van der Waals surface area contributed by atoms with Crippen LogP contribution in [0.15, 0.2) is 36.4 Å². The van der Waals surface area contributed by atoms with Crippen LogP contribution in [0.4, 0.5) is 0 Å². The van der Waals surface area contributed by atoms with Gasteiger partial charge < -0.3 is 4.74 Å². The van der Waals surface area contributed by atoms with Gasteiger partial charge in [0.2, 0.25) is 0 Å². The van der Waals surface area contributed by atoms with E-state index in [2.05, 4.69) is 57.4 Å². The third-order valence-corrected chi connectivity index (χ3v) is 4.92. The number of H-pyrrole nitrogens is 2. The molecule has 1 aliphatic heterocycles. The molecule has 3 heterocycles. The minimum absolute atomic E-state index is 0.539. The molecule has 0 amide bonds. The molecular weight excluding hydrogens is 338 g/mol. The number of rotatable bonds is 4. The number of ether oxygens (including phenoxy) is 1. The standard InChI is InChI=1S/C21H21N5O/c1-12(2)9-19-22-21(26-24-19)15-3-5-17-16(11-15)20(25-23-17)14-4-6-18-13(10-14)7-8-27-18/h3-6,10-12H,7-9H2,1-2H3,(H,23,25)(H,22,24,26). The van der Waals surface area contributed by atoms with Crippen LogP contribution in [-0.4, -0.2) is 32.0 Å². The summed E-state index contributed by atoms with van der Waals surface area (Å²) < 4.78 is 5.62. The lowest BCUT2D eigenvalue weighted by atomic mass is 10.0. The van der Waals surface area contributed by atoms with Crippen LogP contribution in [0.5, 0.6) is 5.75 Å². The topological polar surface area (TPSA) is 79.5 Å². The normalized spacial score (nSPS) is 13.3. The van der Waals surface area contributed by atoms with Gasteiger partial charge in [-0.15, -0.1) is 0 Å². The van der Waals surface area contributed by atoms with E-state index < -0.39 is 0 Å². The summed E-state index contributed by atoms with van der Waals surface area (Å²) in [6.45, 7) is 5.11. The van der Waals surface area contributed by atoms with E-state index in [0.29, 0.717) is 5.92 Å². The fourth-order valence-electron chi connectivity index (χ4n) is 3.61. The molecule has 6 nitrogen and oxygen atoms in total. The Bertz CT molecular complexity index is 1120. The van der Waals surface area contributed by atoms with Crippen LogP contribution in [0.25, 0.3) is 33.5 Å². The van der Waals surface area contributed by atoms with Crippen molar-refractivity contribution in [3.05, 3.63) is 47.8 Å². The van der Waals surface area contributed by atoms with Crippen LogP contribution in [0.1, 0.15) is 25.2 Å². The molecule has 1 aliphatic rings. The number of nitrogens with zero attached hydrogens (tertiary/aromatic N) is 3. The lowest BCUT2D eigenvalue weighted by molar-refractivity contribution is 0.357. The van der Waals surface area contributed by atoms with Crippen LogP contribution < -0.4 is 4.74 Å². The van der Waals surface area contributed by atoms with Crippen molar-refractivity contribution < 1.29 is 4.74 Å². The quantitative estimate of drug-likeness (QED) is 0.574. The molecule has 0 saturated carbocycles. The molecule has 0 aliphatic carbocycles. The van der Waals surface area contributed by atoms with E-state index in [9.17, 15) is 0 Å². The summed E-state index contributed by atoms with van der Waals surface area (Å²) in [7, 11) is 0. The zero-order chi connectivity index (χ0) is 18.4. The van der Waals surface area contributed by atoms with E-state index in [1.165, 1.54) is 5.56 Å². The molecule has 2 N–H and O–H groups in total. The Balaban J connectivity index is 1.56. The Kier molecular flexibility index (Phi) is 3.70. The lowest BCUT2D eigenvalue weighted by Crippen LogP contribution is -1.95. The van der Waals surface area contributed by atoms with Gasteiger partial charge in [-0.2, -0.15) is 10.2 Å². The maximum absolute atomic E-state index is 5.62. The predicted molar refractivity (Wildman–Crippen MR) is 105 cm³/mol. The highest BCUT2D eigenvalue weighted by atomic mass is 16.5. The van der Waals surface area contributed by atoms with Crippen LogP contribution in [0, 0.1) is 5.92 Å². The minimum atomic E-state index is 0.539. The van der Waals surface area contributed by atoms with Crippen molar-refractivity contribution in [3.63, 3.8) is 0 Å². The number of hydrogen-bond donors (Lipinski definition) is 2. The summed E-state index contributed by atoms with van der Waals surface area (Å²) >= 11 is 0. The third kappa shape index (κ3) is 2.87. The van der Waals surface area contributed by atoms with Crippen molar-refractivity contribution in [1.29, 1.82) is 0 Å². The molecule has 0 saturated heterocycles. The summed E-state index contributed by atoms with van der Waals surface area (Å²) in [5.74, 6) is 3.17. The number of fused-ring (bicyclic) bond motifs is 2. The molecule has 27 heavy (non-hydrogen) atoms. The number of aromatic amines is 2. The number of nitrogens with one attached hydrogen (secondary N) is 2. The molecular formula is C21H21N5O. The fourth-order valence-corrected chi connectivity index (χ4v) is 3.61. The van der Waals surface area contributed by atoms with Crippen molar-refractivity contribution in [2.45, 2.75) is 26.7 Å². The molecule has 4 aromatic rings. The number of hydrogen-bond acceptors (Lipinski definition) is 4. The molecule has 2 aromatic heterocycles. The van der Waals surface area contributed by atoms with Crippen LogP contribution in [0.2, 0.25) is 0 Å². The van der Waals surface area contributed by atoms with Crippen molar-refractivity contribution in [1.82, 2.24) is 25.4 Å². The van der Waals surface area contributed by atoms with Crippen molar-refractivity contribution >= 4 is 10.9 Å². The molecule has 0 radical (unpaired) electrons. The summed E-state index contributed by atoms with van der Waals surface area (Å²) in [6.07, 6.45) is 1.84. The van der Waals surface area contributed by atoms with E-state index >= 15 is 0 Å². The molecule has 0 unspecified atom stereocenters. The van der Waals surface area contributed by atoms with E-state index in [-0.39, 0.29) is 0 Å². The monoisotopic (exact) mass is 359 g/mol. The Labute approximate surface area is 157 Å². The highest BCUT2D eigenvalue weighted by molar-refractivity contribution is 5.95. The average molecular weight is 359 g/mol. The Hall–Kier alpha value is -3.15. The molecule has 0 bridgehead atoms. The minimum Gasteiger partial charge on any atom is -0.493 e. The van der Waals surface area contributed by atoms with E-state index in [4.69, 9.17) is 4.74 Å². The Morgan fingerprint density at radius 1 is 1.04 bits per heavy atom. The van der Waals surface area contributed by atoms with E-state index in [0.717, 1.165) is 64.6 Å². The van der Waals surface area contributed by atoms with Crippen molar-refractivity contribution in [3.8, 4) is 28.4 Å². The lowest BCUT2D eigenvalue weighted by Gasteiger charge is -2.03. The van der Waals surface area contributed by atoms with Gasteiger partial charge in [0, 0.05) is 29.4 Å². The molecule has 136 valence electrons. The third-order valence-electron chi connectivity index (χ3n) is 4.92. The molecule has 6 heteroatoms. The molecule has 0 fully saturated rings. The number of benzene rings is 2. The van der Waals surface area contributed by atoms with Crippen LogP contribution >= 0.6 is 0 Å². The second-order valence-electron chi connectivity index (χ2n) is 7.46. The van der Waals surface area contributed by atoms with Crippen molar-refractivity contribution in [2.75, 3.05) is 6.61 Å². The van der Waals surface area contributed by atoms with Gasteiger partial charge in [0.1, 0.15) is 11.6 Å². The largest absolute Gasteiger partial charge is 0.493 e. The SMILES string of the molecule is CC(C)Cc1nc(-c2ccc3[nH]nc(-c4ccc5c(c4)CCO5)c3c2)n[nH]1.